The molecule has 1 fully saturated rings. The van der Waals surface area contributed by atoms with E-state index in [1.54, 1.807) is 0 Å². The largest absolute Gasteiger partial charge is 0.336 e. The van der Waals surface area contributed by atoms with Gasteiger partial charge >= 0.3 is 0 Å². The van der Waals surface area contributed by atoms with Crippen LogP contribution < -0.4 is 0 Å². The summed E-state index contributed by atoms with van der Waals surface area (Å²) in [5.41, 5.74) is 2.11. The lowest BCUT2D eigenvalue weighted by Gasteiger charge is -2.33. The van der Waals surface area contributed by atoms with Crippen LogP contribution in [0.25, 0.3) is 0 Å². The molecule has 3 heteroatoms. The average molecular weight is 288 g/mol. The second-order valence-corrected chi connectivity index (χ2v) is 6.00. The highest BCUT2D eigenvalue weighted by molar-refractivity contribution is 5.94. The third kappa shape index (κ3) is 4.07. The molecule has 0 bridgehead atoms. The summed E-state index contributed by atoms with van der Waals surface area (Å²) in [5, 5.41) is 0. The van der Waals surface area contributed by atoms with Gasteiger partial charge < -0.3 is 4.90 Å². The monoisotopic (exact) mass is 288 g/mol. The van der Waals surface area contributed by atoms with E-state index in [0.29, 0.717) is 6.04 Å². The second kappa shape index (κ2) is 7.60. The molecule has 3 nitrogen and oxygen atoms in total. The Labute approximate surface area is 128 Å². The Morgan fingerprint density at radius 2 is 1.86 bits per heavy atom. The van der Waals surface area contributed by atoms with Crippen molar-refractivity contribution in [1.82, 2.24) is 9.80 Å². The van der Waals surface area contributed by atoms with Crippen molar-refractivity contribution >= 4 is 5.91 Å². The van der Waals surface area contributed by atoms with Gasteiger partial charge in [0.15, 0.2) is 0 Å². The van der Waals surface area contributed by atoms with E-state index < -0.39 is 0 Å². The molecule has 1 aromatic rings. The first-order valence-electron chi connectivity index (χ1n) is 8.28. The van der Waals surface area contributed by atoms with Crippen LogP contribution in [0.15, 0.2) is 24.3 Å². The van der Waals surface area contributed by atoms with Crippen LogP contribution in [0.3, 0.4) is 0 Å². The Kier molecular flexibility index (Phi) is 5.80. The summed E-state index contributed by atoms with van der Waals surface area (Å²) in [4.78, 5) is 17.0. The van der Waals surface area contributed by atoms with Crippen molar-refractivity contribution in [1.29, 1.82) is 0 Å². The van der Waals surface area contributed by atoms with Gasteiger partial charge in [-0.1, -0.05) is 26.0 Å². The van der Waals surface area contributed by atoms with E-state index in [-0.39, 0.29) is 5.91 Å². The predicted octanol–water partition coefficient (Wildman–Crippen LogP) is 3.54. The van der Waals surface area contributed by atoms with Crippen molar-refractivity contribution in [3.63, 3.8) is 0 Å². The summed E-state index contributed by atoms with van der Waals surface area (Å²) in [7, 11) is 0. The number of likely N-dealkylation sites (tertiary alicyclic amines) is 1. The molecular formula is C18H28N2O. The maximum atomic E-state index is 12.6. The Balaban J connectivity index is 2.02. The summed E-state index contributed by atoms with van der Waals surface area (Å²) < 4.78 is 0. The van der Waals surface area contributed by atoms with Crippen LogP contribution in [-0.2, 0) is 6.54 Å². The van der Waals surface area contributed by atoms with Crippen molar-refractivity contribution < 1.29 is 4.79 Å². The molecule has 1 aliphatic rings. The molecule has 0 saturated carbocycles. The van der Waals surface area contributed by atoms with Crippen molar-refractivity contribution in [2.75, 3.05) is 19.6 Å². The summed E-state index contributed by atoms with van der Waals surface area (Å²) >= 11 is 0. The summed E-state index contributed by atoms with van der Waals surface area (Å²) in [6, 6.07) is 8.55. The first kappa shape index (κ1) is 16.0. The van der Waals surface area contributed by atoms with Gasteiger partial charge in [0.1, 0.15) is 0 Å². The van der Waals surface area contributed by atoms with Crippen molar-refractivity contribution in [2.45, 2.75) is 52.6 Å². The third-order valence-electron chi connectivity index (χ3n) is 4.57. The Morgan fingerprint density at radius 1 is 1.19 bits per heavy atom. The number of hydrogen-bond donors (Lipinski definition) is 0. The van der Waals surface area contributed by atoms with Gasteiger partial charge in [0.2, 0.25) is 0 Å². The van der Waals surface area contributed by atoms with Gasteiger partial charge in [-0.3, -0.25) is 9.69 Å². The molecule has 1 amide bonds. The molecule has 0 aliphatic carbocycles. The lowest BCUT2D eigenvalue weighted by molar-refractivity contribution is 0.0635. The standard InChI is InChI=1S/C18H28N2O/c1-4-19(5-2)14-16-9-11-17(12-10-16)18(21)20-13-7-6-8-15(20)3/h9-12,15H,4-8,13-14H2,1-3H3. The van der Waals surface area contributed by atoms with E-state index in [1.165, 1.54) is 12.0 Å². The van der Waals surface area contributed by atoms with E-state index in [1.807, 2.05) is 17.0 Å². The first-order chi connectivity index (χ1) is 10.2. The molecule has 0 aromatic heterocycles. The third-order valence-corrected chi connectivity index (χ3v) is 4.57. The topological polar surface area (TPSA) is 23.6 Å². The van der Waals surface area contributed by atoms with Gasteiger partial charge in [-0.25, -0.2) is 0 Å². The SMILES string of the molecule is CCN(CC)Cc1ccc(C(=O)N2CCCCC2C)cc1. The van der Waals surface area contributed by atoms with Gasteiger partial charge in [-0.05, 0) is 57.0 Å². The number of benzene rings is 1. The predicted molar refractivity (Wildman–Crippen MR) is 87.4 cm³/mol. The van der Waals surface area contributed by atoms with Crippen LogP contribution in [0.1, 0.15) is 56.0 Å². The summed E-state index contributed by atoms with van der Waals surface area (Å²) in [5.74, 6) is 0.191. The van der Waals surface area contributed by atoms with Crippen LogP contribution in [0.2, 0.25) is 0 Å². The second-order valence-electron chi connectivity index (χ2n) is 6.00. The van der Waals surface area contributed by atoms with E-state index in [4.69, 9.17) is 0 Å². The fraction of sp³-hybridized carbons (Fsp3) is 0.611. The Hall–Kier alpha value is -1.35. The molecule has 0 radical (unpaired) electrons. The lowest BCUT2D eigenvalue weighted by Crippen LogP contribution is -2.42. The number of hydrogen-bond acceptors (Lipinski definition) is 2. The van der Waals surface area contributed by atoms with E-state index >= 15 is 0 Å². The molecule has 1 heterocycles. The number of amides is 1. The molecule has 0 spiro atoms. The molecule has 21 heavy (non-hydrogen) atoms. The van der Waals surface area contributed by atoms with Gasteiger partial charge in [0.25, 0.3) is 5.91 Å². The molecule has 1 unspecified atom stereocenters. The van der Waals surface area contributed by atoms with Gasteiger partial charge in [-0.15, -0.1) is 0 Å². The molecule has 0 N–H and O–H groups in total. The highest BCUT2D eigenvalue weighted by Gasteiger charge is 2.23. The molecular weight excluding hydrogens is 260 g/mol. The summed E-state index contributed by atoms with van der Waals surface area (Å²) in [6.07, 6.45) is 3.51. The molecule has 2 rings (SSSR count). The highest BCUT2D eigenvalue weighted by atomic mass is 16.2. The zero-order valence-corrected chi connectivity index (χ0v) is 13.6. The van der Waals surface area contributed by atoms with Gasteiger partial charge in [0.05, 0.1) is 0 Å². The lowest BCUT2D eigenvalue weighted by atomic mass is 10.0. The zero-order valence-electron chi connectivity index (χ0n) is 13.6. The Morgan fingerprint density at radius 3 is 2.43 bits per heavy atom. The quantitative estimate of drug-likeness (QED) is 0.827. The number of rotatable bonds is 5. The minimum atomic E-state index is 0.191. The van der Waals surface area contributed by atoms with Crippen molar-refractivity contribution in [3.8, 4) is 0 Å². The maximum absolute atomic E-state index is 12.6. The van der Waals surface area contributed by atoms with Crippen LogP contribution in [0.4, 0.5) is 0 Å². The smallest absolute Gasteiger partial charge is 0.254 e. The van der Waals surface area contributed by atoms with Crippen LogP contribution in [-0.4, -0.2) is 41.4 Å². The van der Waals surface area contributed by atoms with Crippen LogP contribution in [0, 0.1) is 0 Å². The first-order valence-corrected chi connectivity index (χ1v) is 8.28. The number of piperidine rings is 1. The molecule has 116 valence electrons. The van der Waals surface area contributed by atoms with Crippen molar-refractivity contribution in [3.05, 3.63) is 35.4 Å². The molecule has 1 saturated heterocycles. The highest BCUT2D eigenvalue weighted by Crippen LogP contribution is 2.19. The Bertz CT molecular complexity index is 451. The van der Waals surface area contributed by atoms with Gasteiger partial charge in [0, 0.05) is 24.7 Å². The van der Waals surface area contributed by atoms with Crippen LogP contribution in [0.5, 0.6) is 0 Å². The van der Waals surface area contributed by atoms with Gasteiger partial charge in [-0.2, -0.15) is 0 Å². The minimum Gasteiger partial charge on any atom is -0.336 e. The fourth-order valence-electron chi connectivity index (χ4n) is 3.02. The average Bonchev–Trinajstić information content (AvgIpc) is 2.53. The summed E-state index contributed by atoms with van der Waals surface area (Å²) in [6.45, 7) is 10.5. The van der Waals surface area contributed by atoms with E-state index in [2.05, 4.69) is 37.8 Å². The normalized spacial score (nSPS) is 19.0. The maximum Gasteiger partial charge on any atom is 0.254 e. The van der Waals surface area contributed by atoms with Crippen LogP contribution >= 0.6 is 0 Å². The number of carbonyl (C=O) groups is 1. The zero-order chi connectivity index (χ0) is 15.2. The molecule has 1 atom stereocenters. The fourth-order valence-corrected chi connectivity index (χ4v) is 3.02. The minimum absolute atomic E-state index is 0.191. The number of nitrogens with zero attached hydrogens (tertiary/aromatic N) is 2. The molecule has 1 aromatic carbocycles. The van der Waals surface area contributed by atoms with Crippen molar-refractivity contribution in [2.24, 2.45) is 0 Å². The van der Waals surface area contributed by atoms with E-state index in [9.17, 15) is 4.79 Å². The van der Waals surface area contributed by atoms with E-state index in [0.717, 1.165) is 44.6 Å². The molecule has 1 aliphatic heterocycles. The number of carbonyl (C=O) groups excluding carboxylic acids is 1.